The molecule has 2 heteroatoms. The number of anilines is 3. The van der Waals surface area contributed by atoms with E-state index in [1.54, 1.807) is 0 Å². The number of hydrogen-bond donors (Lipinski definition) is 0. The molecule has 0 fully saturated rings. The summed E-state index contributed by atoms with van der Waals surface area (Å²) in [7, 11) is -2.48. The maximum absolute atomic E-state index is 2.52. The molecule has 0 radical (unpaired) electrons. The highest BCUT2D eigenvalue weighted by Crippen LogP contribution is 2.37. The fourth-order valence-corrected chi connectivity index (χ4v) is 11.2. The van der Waals surface area contributed by atoms with E-state index in [2.05, 4.69) is 217 Å². The standard InChI is InChI=1S/C46H35NSi/c1-6-16-39(17-7-1)47(40-18-8-2-9-19-40)41-29-31-46-38(35-41)28-27-37-34-36(26-30-45(37)46)32-33-48(42-20-10-3-11-21-42,43-22-12-4-13-23-43)44-24-14-5-15-25-44/h1-35H/b33-32+. The van der Waals surface area contributed by atoms with Gasteiger partial charge >= 0.3 is 0 Å². The van der Waals surface area contributed by atoms with E-state index in [0.717, 1.165) is 17.1 Å². The molecule has 0 N–H and O–H groups in total. The lowest BCUT2D eigenvalue weighted by Crippen LogP contribution is -2.66. The topological polar surface area (TPSA) is 3.24 Å². The van der Waals surface area contributed by atoms with Crippen molar-refractivity contribution < 1.29 is 0 Å². The number of hydrogen-bond acceptors (Lipinski definition) is 1. The number of para-hydroxylation sites is 2. The van der Waals surface area contributed by atoms with Crippen LogP contribution >= 0.6 is 0 Å². The Hall–Kier alpha value is -5.96. The van der Waals surface area contributed by atoms with Crippen molar-refractivity contribution >= 4 is 68.3 Å². The molecular formula is C46H35NSi. The SMILES string of the molecule is C(=C\[Si](c1ccccc1)(c1ccccc1)c1ccccc1)/c1ccc2c(ccc3cc(N(c4ccccc4)c4ccccc4)ccc32)c1. The van der Waals surface area contributed by atoms with E-state index in [1.807, 2.05) is 0 Å². The van der Waals surface area contributed by atoms with Crippen LogP contribution in [0.5, 0.6) is 0 Å². The molecule has 0 heterocycles. The van der Waals surface area contributed by atoms with Crippen molar-refractivity contribution in [2.45, 2.75) is 0 Å². The fraction of sp³-hybridized carbons (Fsp3) is 0. The van der Waals surface area contributed by atoms with E-state index in [0.29, 0.717) is 0 Å². The van der Waals surface area contributed by atoms with Gasteiger partial charge in [-0.2, -0.15) is 0 Å². The molecule has 0 aliphatic heterocycles. The Morgan fingerprint density at radius 1 is 0.354 bits per heavy atom. The zero-order valence-electron chi connectivity index (χ0n) is 26.7. The van der Waals surface area contributed by atoms with Gasteiger partial charge in [-0.15, -0.1) is 0 Å². The molecule has 0 amide bonds. The Balaban J connectivity index is 1.21. The van der Waals surface area contributed by atoms with Crippen molar-refractivity contribution in [1.29, 1.82) is 0 Å². The maximum Gasteiger partial charge on any atom is 0.172 e. The molecule has 0 aliphatic carbocycles. The van der Waals surface area contributed by atoms with Crippen molar-refractivity contribution in [1.82, 2.24) is 0 Å². The van der Waals surface area contributed by atoms with Gasteiger partial charge in [0, 0.05) is 17.1 Å². The highest BCUT2D eigenvalue weighted by atomic mass is 28.3. The number of nitrogens with zero attached hydrogens (tertiary/aromatic N) is 1. The van der Waals surface area contributed by atoms with Gasteiger partial charge in [0.25, 0.3) is 0 Å². The number of rotatable bonds is 8. The maximum atomic E-state index is 2.52. The first-order valence-corrected chi connectivity index (χ1v) is 18.6. The summed E-state index contributed by atoms with van der Waals surface area (Å²) >= 11 is 0. The van der Waals surface area contributed by atoms with Crippen molar-refractivity contribution in [2.24, 2.45) is 0 Å². The predicted octanol–water partition coefficient (Wildman–Crippen LogP) is 10.2. The average molecular weight is 630 g/mol. The number of benzene rings is 8. The molecule has 0 spiro atoms. The largest absolute Gasteiger partial charge is 0.310 e. The van der Waals surface area contributed by atoms with Crippen molar-refractivity contribution in [2.75, 3.05) is 4.90 Å². The normalized spacial score (nSPS) is 11.7. The van der Waals surface area contributed by atoms with Gasteiger partial charge in [-0.25, -0.2) is 0 Å². The van der Waals surface area contributed by atoms with Crippen LogP contribution in [0.2, 0.25) is 0 Å². The minimum absolute atomic E-state index is 1.14. The Morgan fingerprint density at radius 2 is 0.771 bits per heavy atom. The summed E-state index contributed by atoms with van der Waals surface area (Å²) < 4.78 is 0. The lowest BCUT2D eigenvalue weighted by atomic mass is 9.99. The van der Waals surface area contributed by atoms with Crippen LogP contribution in [0.25, 0.3) is 27.6 Å². The molecule has 228 valence electrons. The summed E-state index contributed by atoms with van der Waals surface area (Å²) in [5, 5.41) is 9.12. The molecular weight excluding hydrogens is 595 g/mol. The summed E-state index contributed by atoms with van der Waals surface area (Å²) in [6, 6.07) is 72.6. The summed E-state index contributed by atoms with van der Waals surface area (Å²) in [4.78, 5) is 2.32. The van der Waals surface area contributed by atoms with Crippen molar-refractivity contribution in [3.05, 3.63) is 211 Å². The van der Waals surface area contributed by atoms with Gasteiger partial charge < -0.3 is 4.90 Å². The zero-order chi connectivity index (χ0) is 32.2. The fourth-order valence-electron chi connectivity index (χ4n) is 7.03. The summed E-state index contributed by atoms with van der Waals surface area (Å²) in [6.07, 6.45) is 2.35. The van der Waals surface area contributed by atoms with Gasteiger partial charge in [0.05, 0.1) is 0 Å². The van der Waals surface area contributed by atoms with Gasteiger partial charge in [0.1, 0.15) is 0 Å². The smallest absolute Gasteiger partial charge is 0.172 e. The van der Waals surface area contributed by atoms with Crippen LogP contribution in [0.15, 0.2) is 206 Å². The van der Waals surface area contributed by atoms with Crippen LogP contribution in [0.1, 0.15) is 5.56 Å². The van der Waals surface area contributed by atoms with E-state index in [-0.39, 0.29) is 0 Å². The Kier molecular flexibility index (Phi) is 8.00. The number of fused-ring (bicyclic) bond motifs is 3. The first-order valence-electron chi connectivity index (χ1n) is 16.5. The van der Waals surface area contributed by atoms with Gasteiger partial charge in [-0.1, -0.05) is 170 Å². The molecule has 8 aromatic carbocycles. The molecule has 0 aromatic heterocycles. The molecule has 0 bridgehead atoms. The van der Waals surface area contributed by atoms with E-state index < -0.39 is 8.07 Å². The third-order valence-corrected chi connectivity index (χ3v) is 13.7. The average Bonchev–Trinajstić information content (AvgIpc) is 3.17. The molecule has 0 aliphatic rings. The highest BCUT2D eigenvalue weighted by Gasteiger charge is 2.36. The molecule has 48 heavy (non-hydrogen) atoms. The molecule has 8 aromatic rings. The minimum Gasteiger partial charge on any atom is -0.310 e. The van der Waals surface area contributed by atoms with Crippen molar-refractivity contribution in [3.8, 4) is 0 Å². The summed E-state index contributed by atoms with van der Waals surface area (Å²) in [6.45, 7) is 0. The molecule has 0 saturated heterocycles. The summed E-state index contributed by atoms with van der Waals surface area (Å²) in [5.74, 6) is 0. The zero-order valence-corrected chi connectivity index (χ0v) is 27.7. The molecule has 0 saturated carbocycles. The second kappa shape index (κ2) is 13.0. The van der Waals surface area contributed by atoms with Crippen LogP contribution < -0.4 is 20.5 Å². The third kappa shape index (κ3) is 5.53. The highest BCUT2D eigenvalue weighted by molar-refractivity contribution is 7.15. The second-order valence-corrected chi connectivity index (χ2v) is 15.9. The van der Waals surface area contributed by atoms with Crippen LogP contribution in [-0.4, -0.2) is 8.07 Å². The van der Waals surface area contributed by atoms with Crippen LogP contribution in [0, 0.1) is 0 Å². The van der Waals surface area contributed by atoms with E-state index in [9.17, 15) is 0 Å². The van der Waals surface area contributed by atoms with Crippen molar-refractivity contribution in [3.63, 3.8) is 0 Å². The minimum atomic E-state index is -2.48. The van der Waals surface area contributed by atoms with E-state index >= 15 is 0 Å². The van der Waals surface area contributed by atoms with Crippen LogP contribution in [0.4, 0.5) is 17.1 Å². The molecule has 0 unspecified atom stereocenters. The lowest BCUT2D eigenvalue weighted by molar-refractivity contribution is 1.29. The van der Waals surface area contributed by atoms with Gasteiger partial charge in [0.15, 0.2) is 8.07 Å². The van der Waals surface area contributed by atoms with Gasteiger partial charge in [-0.05, 0) is 85.1 Å². The van der Waals surface area contributed by atoms with E-state index in [1.165, 1.54) is 42.7 Å². The second-order valence-electron chi connectivity index (χ2n) is 12.2. The monoisotopic (exact) mass is 629 g/mol. The Bertz CT molecular complexity index is 2180. The van der Waals surface area contributed by atoms with Gasteiger partial charge in [-0.3, -0.25) is 0 Å². The first-order chi connectivity index (χ1) is 23.8. The quantitative estimate of drug-likeness (QED) is 0.0919. The Morgan fingerprint density at radius 3 is 1.25 bits per heavy atom. The molecule has 8 rings (SSSR count). The summed E-state index contributed by atoms with van der Waals surface area (Å²) in [5.41, 5.74) is 7.14. The Labute approximate surface area is 283 Å². The predicted molar refractivity (Wildman–Crippen MR) is 209 cm³/mol. The first kappa shape index (κ1) is 29.4. The van der Waals surface area contributed by atoms with Gasteiger partial charge in [0.2, 0.25) is 0 Å². The van der Waals surface area contributed by atoms with Crippen LogP contribution in [-0.2, 0) is 0 Å². The van der Waals surface area contributed by atoms with Crippen LogP contribution in [0.3, 0.4) is 0 Å². The molecule has 1 nitrogen and oxygen atoms in total. The molecule has 0 atom stereocenters. The van der Waals surface area contributed by atoms with E-state index in [4.69, 9.17) is 0 Å². The third-order valence-electron chi connectivity index (χ3n) is 9.34. The lowest BCUT2D eigenvalue weighted by Gasteiger charge is -2.30.